The molecule has 2 heterocycles. The van der Waals surface area contributed by atoms with Gasteiger partial charge in [0.2, 0.25) is 0 Å². The minimum absolute atomic E-state index is 0.188. The van der Waals surface area contributed by atoms with Crippen molar-refractivity contribution in [1.29, 1.82) is 0 Å². The number of carbonyl (C=O) groups excluding carboxylic acids is 1. The van der Waals surface area contributed by atoms with Crippen molar-refractivity contribution in [3.8, 4) is 5.75 Å². The molecule has 2 amide bonds. The molecule has 3 aromatic rings. The summed E-state index contributed by atoms with van der Waals surface area (Å²) in [6.45, 7) is 3.09. The van der Waals surface area contributed by atoms with Gasteiger partial charge in [-0.05, 0) is 36.8 Å². The van der Waals surface area contributed by atoms with Gasteiger partial charge in [-0.3, -0.25) is 4.68 Å². The van der Waals surface area contributed by atoms with Crippen molar-refractivity contribution in [2.75, 3.05) is 11.9 Å². The van der Waals surface area contributed by atoms with Crippen molar-refractivity contribution in [2.45, 2.75) is 26.5 Å². The van der Waals surface area contributed by atoms with Crippen LogP contribution in [0.3, 0.4) is 0 Å². The van der Waals surface area contributed by atoms with E-state index in [0.29, 0.717) is 36.0 Å². The van der Waals surface area contributed by atoms with Crippen LogP contribution in [0.15, 0.2) is 42.5 Å². The normalized spacial score (nSPS) is 13.1. The maximum atomic E-state index is 13.4. The maximum Gasteiger partial charge on any atom is 0.322 e. The Morgan fingerprint density at radius 1 is 1.30 bits per heavy atom. The maximum absolute atomic E-state index is 13.4. The van der Waals surface area contributed by atoms with Crippen molar-refractivity contribution in [3.63, 3.8) is 0 Å². The van der Waals surface area contributed by atoms with E-state index in [-0.39, 0.29) is 18.5 Å². The summed E-state index contributed by atoms with van der Waals surface area (Å²) in [6, 6.07) is 11.2. The van der Waals surface area contributed by atoms with Gasteiger partial charge in [-0.15, -0.1) is 0 Å². The number of anilines is 1. The topological polar surface area (TPSA) is 59.4 Å². The molecule has 1 aliphatic rings. The number of ether oxygens (including phenoxy) is 1. The van der Waals surface area contributed by atoms with Crippen LogP contribution in [0.5, 0.6) is 5.75 Å². The van der Waals surface area contributed by atoms with E-state index in [2.05, 4.69) is 10.4 Å². The second kappa shape index (κ2) is 8.36. The first-order valence-electron chi connectivity index (χ1n) is 9.65. The molecule has 156 valence electrons. The van der Waals surface area contributed by atoms with E-state index in [9.17, 15) is 9.18 Å². The van der Waals surface area contributed by atoms with Crippen LogP contribution in [-0.2, 0) is 26.6 Å². The Morgan fingerprint density at radius 2 is 2.10 bits per heavy atom. The number of nitrogens with zero attached hydrogens (tertiary/aromatic N) is 3. The molecule has 8 heteroatoms. The molecule has 0 aliphatic carbocycles. The number of halogens is 2. The highest BCUT2D eigenvalue weighted by Gasteiger charge is 2.27. The number of urea groups is 1. The van der Waals surface area contributed by atoms with Gasteiger partial charge in [0.25, 0.3) is 0 Å². The third kappa shape index (κ3) is 4.11. The summed E-state index contributed by atoms with van der Waals surface area (Å²) < 4.78 is 20.9. The van der Waals surface area contributed by atoms with E-state index in [1.165, 1.54) is 12.1 Å². The fraction of sp³-hybridized carbons (Fsp3) is 0.273. The fourth-order valence-electron chi connectivity index (χ4n) is 3.60. The van der Waals surface area contributed by atoms with Crippen molar-refractivity contribution in [3.05, 3.63) is 75.8 Å². The molecule has 1 aliphatic heterocycles. The van der Waals surface area contributed by atoms with Crippen molar-refractivity contribution < 1.29 is 13.9 Å². The third-order valence-corrected chi connectivity index (χ3v) is 5.70. The number of rotatable bonds is 4. The molecule has 0 saturated heterocycles. The molecule has 0 spiro atoms. The minimum Gasteiger partial charge on any atom is -0.487 e. The van der Waals surface area contributed by atoms with Crippen LogP contribution in [0.2, 0.25) is 5.02 Å². The summed E-state index contributed by atoms with van der Waals surface area (Å²) in [6.07, 6.45) is 0.695. The lowest BCUT2D eigenvalue weighted by Crippen LogP contribution is -2.39. The highest BCUT2D eigenvalue weighted by Crippen LogP contribution is 2.26. The number of hydrogen-bond acceptors (Lipinski definition) is 3. The van der Waals surface area contributed by atoms with Gasteiger partial charge < -0.3 is 15.0 Å². The largest absolute Gasteiger partial charge is 0.487 e. The second-order valence-electron chi connectivity index (χ2n) is 7.26. The summed E-state index contributed by atoms with van der Waals surface area (Å²) in [4.78, 5) is 14.6. The molecule has 0 unspecified atom stereocenters. The second-order valence-corrected chi connectivity index (χ2v) is 7.66. The zero-order valence-electron chi connectivity index (χ0n) is 16.8. The summed E-state index contributed by atoms with van der Waals surface area (Å²) in [5.74, 6) is 0.0888. The van der Waals surface area contributed by atoms with Gasteiger partial charge in [-0.1, -0.05) is 23.7 Å². The van der Waals surface area contributed by atoms with Gasteiger partial charge in [-0.25, -0.2) is 9.18 Å². The van der Waals surface area contributed by atoms with Gasteiger partial charge >= 0.3 is 6.03 Å². The average Bonchev–Trinajstić information content (AvgIpc) is 3.05. The highest BCUT2D eigenvalue weighted by atomic mass is 35.5. The van der Waals surface area contributed by atoms with Crippen molar-refractivity contribution in [1.82, 2.24) is 14.7 Å². The minimum atomic E-state index is -0.352. The Kier molecular flexibility index (Phi) is 5.63. The Hall–Kier alpha value is -3.06. The molecule has 0 atom stereocenters. The van der Waals surface area contributed by atoms with Crippen LogP contribution in [-0.4, -0.2) is 27.3 Å². The number of fused-ring (bicyclic) bond motifs is 1. The molecule has 4 rings (SSSR count). The van der Waals surface area contributed by atoms with Crippen molar-refractivity contribution >= 4 is 23.3 Å². The lowest BCUT2D eigenvalue weighted by atomic mass is 10.1. The SMILES string of the molecule is Cc1c(Cl)cccc1NC(=O)N1CCc2c(c(COc3cccc(F)c3)nn2C)C1. The van der Waals surface area contributed by atoms with Crippen LogP contribution < -0.4 is 10.1 Å². The third-order valence-electron chi connectivity index (χ3n) is 5.29. The number of hydrogen-bond donors (Lipinski definition) is 1. The zero-order valence-corrected chi connectivity index (χ0v) is 17.5. The monoisotopic (exact) mass is 428 g/mol. The van der Waals surface area contributed by atoms with E-state index < -0.39 is 0 Å². The van der Waals surface area contributed by atoms with Crippen LogP contribution in [0.1, 0.15) is 22.5 Å². The first-order chi connectivity index (χ1) is 14.4. The van der Waals surface area contributed by atoms with Gasteiger partial charge in [0.15, 0.2) is 0 Å². The van der Waals surface area contributed by atoms with Crippen LogP contribution in [0.25, 0.3) is 0 Å². The molecule has 0 radical (unpaired) electrons. The molecule has 2 aromatic carbocycles. The summed E-state index contributed by atoms with van der Waals surface area (Å²) >= 11 is 6.16. The molecule has 1 aromatic heterocycles. The quantitative estimate of drug-likeness (QED) is 0.655. The molecule has 0 saturated carbocycles. The van der Waals surface area contributed by atoms with E-state index in [4.69, 9.17) is 16.3 Å². The fourth-order valence-corrected chi connectivity index (χ4v) is 3.78. The Balaban J connectivity index is 1.48. The highest BCUT2D eigenvalue weighted by molar-refractivity contribution is 6.31. The summed E-state index contributed by atoms with van der Waals surface area (Å²) in [5, 5.41) is 8.11. The molecule has 6 nitrogen and oxygen atoms in total. The van der Waals surface area contributed by atoms with Gasteiger partial charge in [0.1, 0.15) is 23.9 Å². The van der Waals surface area contributed by atoms with Gasteiger partial charge in [-0.2, -0.15) is 5.10 Å². The first kappa shape index (κ1) is 20.2. The lowest BCUT2D eigenvalue weighted by Gasteiger charge is -2.28. The first-order valence-corrected chi connectivity index (χ1v) is 10.0. The van der Waals surface area contributed by atoms with Crippen molar-refractivity contribution in [2.24, 2.45) is 7.05 Å². The smallest absolute Gasteiger partial charge is 0.322 e. The van der Waals surface area contributed by atoms with Gasteiger partial charge in [0, 0.05) is 48.0 Å². The molecular weight excluding hydrogens is 407 g/mol. The van der Waals surface area contributed by atoms with E-state index in [0.717, 1.165) is 22.5 Å². The van der Waals surface area contributed by atoms with E-state index in [1.54, 1.807) is 23.1 Å². The summed E-state index contributed by atoms with van der Waals surface area (Å²) in [5.41, 5.74) is 4.32. The lowest BCUT2D eigenvalue weighted by molar-refractivity contribution is 0.205. The molecule has 0 bridgehead atoms. The Bertz CT molecular complexity index is 1100. The number of nitrogens with one attached hydrogen (secondary N) is 1. The Morgan fingerprint density at radius 3 is 2.90 bits per heavy atom. The van der Waals surface area contributed by atoms with E-state index in [1.807, 2.05) is 30.8 Å². The van der Waals surface area contributed by atoms with Crippen LogP contribution in [0.4, 0.5) is 14.9 Å². The summed E-state index contributed by atoms with van der Waals surface area (Å²) in [7, 11) is 1.88. The molecule has 30 heavy (non-hydrogen) atoms. The molecule has 1 N–H and O–H groups in total. The number of benzene rings is 2. The molecule has 0 fully saturated rings. The Labute approximate surface area is 179 Å². The average molecular weight is 429 g/mol. The number of amides is 2. The van der Waals surface area contributed by atoms with E-state index >= 15 is 0 Å². The number of aryl methyl sites for hydroxylation is 1. The van der Waals surface area contributed by atoms with Gasteiger partial charge in [0.05, 0.1) is 6.54 Å². The zero-order chi connectivity index (χ0) is 21.3. The van der Waals surface area contributed by atoms with Crippen LogP contribution >= 0.6 is 11.6 Å². The number of carbonyl (C=O) groups is 1. The molecular formula is C22H22ClFN4O2. The predicted octanol–water partition coefficient (Wildman–Crippen LogP) is 4.69. The van der Waals surface area contributed by atoms with Crippen LogP contribution in [0, 0.1) is 12.7 Å². The standard InChI is InChI=1S/C22H22ClFN4O2/c1-14-18(23)7-4-8-19(14)25-22(29)28-10-9-21-17(12-28)20(26-27(21)2)13-30-16-6-3-5-15(24)11-16/h3-8,11H,9-10,12-13H2,1-2H3,(H,25,29). The number of aromatic nitrogens is 2. The predicted molar refractivity (Wildman–Crippen MR) is 113 cm³/mol.